The summed E-state index contributed by atoms with van der Waals surface area (Å²) in [6.07, 6.45) is 1.12. The van der Waals surface area contributed by atoms with E-state index in [1.807, 2.05) is 7.05 Å². The zero-order valence-electron chi connectivity index (χ0n) is 12.1. The number of nitriles is 1. The van der Waals surface area contributed by atoms with Crippen LogP contribution in [0.25, 0.3) is 0 Å². The van der Waals surface area contributed by atoms with Gasteiger partial charge >= 0.3 is 0 Å². The summed E-state index contributed by atoms with van der Waals surface area (Å²) in [6.45, 7) is 1.32. The summed E-state index contributed by atoms with van der Waals surface area (Å²) in [5.41, 5.74) is -1.05. The Kier molecular flexibility index (Phi) is 4.63. The van der Waals surface area contributed by atoms with Crippen LogP contribution in [0.3, 0.4) is 0 Å². The molecule has 0 aliphatic carbocycles. The fraction of sp³-hybridized carbons (Fsp3) is 0.917. The molecule has 1 N–H and O–H groups in total. The van der Waals surface area contributed by atoms with Crippen LogP contribution in [0.4, 0.5) is 0 Å². The highest BCUT2D eigenvalue weighted by Crippen LogP contribution is 2.25. The second kappa shape index (κ2) is 5.83. The van der Waals surface area contributed by atoms with Crippen LogP contribution in [0.2, 0.25) is 0 Å². The fourth-order valence-corrected chi connectivity index (χ4v) is 6.38. The SMILES string of the molecule is CN1CCC(C#N)(NS(=O)(=O)C2CCS(=O)(=O)CC2)CC1. The average Bonchev–Trinajstić information content (AvgIpc) is 2.41. The molecule has 21 heavy (non-hydrogen) atoms. The van der Waals surface area contributed by atoms with Crippen LogP contribution >= 0.6 is 0 Å². The fourth-order valence-electron chi connectivity index (χ4n) is 2.77. The molecule has 0 unspecified atom stereocenters. The molecule has 2 aliphatic heterocycles. The van der Waals surface area contributed by atoms with Crippen molar-refractivity contribution in [2.24, 2.45) is 0 Å². The van der Waals surface area contributed by atoms with Crippen molar-refractivity contribution in [3.63, 3.8) is 0 Å². The first kappa shape index (κ1) is 16.7. The molecule has 120 valence electrons. The van der Waals surface area contributed by atoms with Gasteiger partial charge in [0.1, 0.15) is 15.4 Å². The molecular weight excluding hydrogens is 314 g/mol. The number of rotatable bonds is 3. The standard InChI is InChI=1S/C12H21N3O4S2/c1-15-6-4-12(10-13,5-7-15)14-21(18,19)11-2-8-20(16,17)9-3-11/h11,14H,2-9H2,1H3. The van der Waals surface area contributed by atoms with Crippen molar-refractivity contribution < 1.29 is 16.8 Å². The molecule has 2 rings (SSSR count). The summed E-state index contributed by atoms with van der Waals surface area (Å²) in [5.74, 6) is -0.193. The van der Waals surface area contributed by atoms with E-state index in [2.05, 4.69) is 15.7 Å². The molecule has 2 aliphatic rings. The van der Waals surface area contributed by atoms with Crippen LogP contribution in [0, 0.1) is 11.3 Å². The topological polar surface area (TPSA) is 107 Å². The summed E-state index contributed by atoms with van der Waals surface area (Å²) >= 11 is 0. The van der Waals surface area contributed by atoms with E-state index in [1.54, 1.807) is 0 Å². The Labute approximate surface area is 126 Å². The quantitative estimate of drug-likeness (QED) is 0.743. The van der Waals surface area contributed by atoms with Gasteiger partial charge in [0, 0.05) is 13.1 Å². The Morgan fingerprint density at radius 1 is 1.24 bits per heavy atom. The smallest absolute Gasteiger partial charge is 0.215 e. The Balaban J connectivity index is 2.08. The normalized spacial score (nSPS) is 27.0. The second-order valence-electron chi connectivity index (χ2n) is 6.00. The predicted molar refractivity (Wildman–Crippen MR) is 78.8 cm³/mol. The molecule has 2 saturated heterocycles. The van der Waals surface area contributed by atoms with Crippen LogP contribution in [-0.4, -0.2) is 64.2 Å². The zero-order valence-corrected chi connectivity index (χ0v) is 13.7. The third kappa shape index (κ3) is 3.94. The molecule has 2 heterocycles. The summed E-state index contributed by atoms with van der Waals surface area (Å²) in [7, 11) is -4.85. The third-order valence-corrected chi connectivity index (χ3v) is 8.07. The summed E-state index contributed by atoms with van der Waals surface area (Å²) < 4.78 is 50.2. The molecule has 0 spiro atoms. The van der Waals surface area contributed by atoms with Crippen LogP contribution in [0.15, 0.2) is 0 Å². The number of hydrogen-bond donors (Lipinski definition) is 1. The van der Waals surface area contributed by atoms with E-state index in [4.69, 9.17) is 0 Å². The molecular formula is C12H21N3O4S2. The molecule has 0 atom stereocenters. The van der Waals surface area contributed by atoms with Crippen LogP contribution in [0.1, 0.15) is 25.7 Å². The van der Waals surface area contributed by atoms with Gasteiger partial charge in [0.15, 0.2) is 0 Å². The largest absolute Gasteiger partial charge is 0.306 e. The summed E-state index contributed by atoms with van der Waals surface area (Å²) in [6, 6.07) is 2.11. The number of hydrogen-bond acceptors (Lipinski definition) is 6. The third-order valence-electron chi connectivity index (χ3n) is 4.33. The lowest BCUT2D eigenvalue weighted by molar-refractivity contribution is 0.213. The van der Waals surface area contributed by atoms with Gasteiger partial charge in [-0.15, -0.1) is 0 Å². The first-order valence-electron chi connectivity index (χ1n) is 7.01. The van der Waals surface area contributed by atoms with E-state index >= 15 is 0 Å². The lowest BCUT2D eigenvalue weighted by atomic mass is 9.91. The maximum Gasteiger partial charge on any atom is 0.215 e. The minimum atomic E-state index is -3.68. The van der Waals surface area contributed by atoms with Crippen molar-refractivity contribution in [3.8, 4) is 6.07 Å². The number of sulfone groups is 1. The van der Waals surface area contributed by atoms with Gasteiger partial charge < -0.3 is 4.90 Å². The van der Waals surface area contributed by atoms with Crippen LogP contribution in [-0.2, 0) is 19.9 Å². The van der Waals surface area contributed by atoms with E-state index in [0.29, 0.717) is 25.9 Å². The predicted octanol–water partition coefficient (Wildman–Crippen LogP) is -0.529. The Morgan fingerprint density at radius 2 is 1.76 bits per heavy atom. The maximum atomic E-state index is 12.4. The Morgan fingerprint density at radius 3 is 2.24 bits per heavy atom. The maximum absolute atomic E-state index is 12.4. The summed E-state index contributed by atoms with van der Waals surface area (Å²) in [4.78, 5) is 2.05. The molecule has 2 fully saturated rings. The van der Waals surface area contributed by atoms with Gasteiger partial charge in [-0.1, -0.05) is 0 Å². The molecule has 0 bridgehead atoms. The molecule has 0 saturated carbocycles. The van der Waals surface area contributed by atoms with Crippen molar-refractivity contribution in [1.82, 2.24) is 9.62 Å². The van der Waals surface area contributed by atoms with Gasteiger partial charge in [0.05, 0.1) is 22.8 Å². The monoisotopic (exact) mass is 335 g/mol. The molecule has 0 amide bonds. The average molecular weight is 335 g/mol. The number of nitrogens with one attached hydrogen (secondary N) is 1. The number of likely N-dealkylation sites (tertiary alicyclic amines) is 1. The molecule has 9 heteroatoms. The van der Waals surface area contributed by atoms with Crippen molar-refractivity contribution in [2.45, 2.75) is 36.5 Å². The minimum Gasteiger partial charge on any atom is -0.306 e. The van der Waals surface area contributed by atoms with E-state index in [1.165, 1.54) is 0 Å². The first-order chi connectivity index (χ1) is 9.68. The van der Waals surface area contributed by atoms with Gasteiger partial charge in [0.25, 0.3) is 0 Å². The lowest BCUT2D eigenvalue weighted by Crippen LogP contribution is -2.56. The van der Waals surface area contributed by atoms with Crippen molar-refractivity contribution in [2.75, 3.05) is 31.6 Å². The molecule has 0 aromatic heterocycles. The Bertz CT molecular complexity index is 614. The highest BCUT2D eigenvalue weighted by atomic mass is 32.2. The highest BCUT2D eigenvalue weighted by Gasteiger charge is 2.41. The van der Waals surface area contributed by atoms with E-state index in [9.17, 15) is 22.1 Å². The molecule has 0 radical (unpaired) electrons. The molecule has 0 aromatic carbocycles. The first-order valence-corrected chi connectivity index (χ1v) is 10.4. The highest BCUT2D eigenvalue weighted by molar-refractivity contribution is 7.92. The van der Waals surface area contributed by atoms with Gasteiger partial charge in [-0.3, -0.25) is 0 Å². The number of nitrogens with zero attached hydrogens (tertiary/aromatic N) is 2. The van der Waals surface area contributed by atoms with Crippen molar-refractivity contribution in [3.05, 3.63) is 0 Å². The van der Waals surface area contributed by atoms with Crippen LogP contribution < -0.4 is 4.72 Å². The number of piperidine rings is 1. The van der Waals surface area contributed by atoms with E-state index in [0.717, 1.165) is 0 Å². The van der Waals surface area contributed by atoms with Gasteiger partial charge in [-0.2, -0.15) is 9.98 Å². The second-order valence-corrected chi connectivity index (χ2v) is 10.3. The van der Waals surface area contributed by atoms with Gasteiger partial charge in [-0.25, -0.2) is 16.8 Å². The minimum absolute atomic E-state index is 0.0964. The van der Waals surface area contributed by atoms with Crippen LogP contribution in [0.5, 0.6) is 0 Å². The summed E-state index contributed by atoms with van der Waals surface area (Å²) in [5, 5.41) is 8.66. The van der Waals surface area contributed by atoms with E-state index < -0.39 is 30.6 Å². The van der Waals surface area contributed by atoms with Crippen molar-refractivity contribution in [1.29, 1.82) is 5.26 Å². The van der Waals surface area contributed by atoms with Crippen molar-refractivity contribution >= 4 is 19.9 Å². The van der Waals surface area contributed by atoms with Gasteiger partial charge in [-0.05, 0) is 32.7 Å². The zero-order chi connectivity index (χ0) is 15.7. The Hall–Kier alpha value is -0.690. The molecule has 7 nitrogen and oxygen atoms in total. The molecule has 0 aromatic rings. The lowest BCUT2D eigenvalue weighted by Gasteiger charge is -2.37. The van der Waals surface area contributed by atoms with Gasteiger partial charge in [0.2, 0.25) is 10.0 Å². The number of sulfonamides is 1. The van der Waals surface area contributed by atoms with E-state index in [-0.39, 0.29) is 24.3 Å².